The van der Waals surface area contributed by atoms with Gasteiger partial charge in [-0.05, 0) is 37.5 Å². The number of aromatic nitrogens is 2. The first-order valence-corrected chi connectivity index (χ1v) is 8.85. The van der Waals surface area contributed by atoms with Crippen molar-refractivity contribution in [1.29, 1.82) is 0 Å². The summed E-state index contributed by atoms with van der Waals surface area (Å²) in [5.74, 6) is -0.0184. The number of pyridine rings is 2. The van der Waals surface area contributed by atoms with E-state index in [0.29, 0.717) is 17.2 Å². The number of halogens is 1. The van der Waals surface area contributed by atoms with Crippen molar-refractivity contribution in [1.82, 2.24) is 4.98 Å². The Bertz CT molecular complexity index is 1160. The van der Waals surface area contributed by atoms with E-state index in [9.17, 15) is 4.39 Å². The number of nitrogens with zero attached hydrogens (tertiary/aromatic N) is 2. The van der Waals surface area contributed by atoms with E-state index in [1.807, 2.05) is 19.2 Å². The van der Waals surface area contributed by atoms with Crippen molar-refractivity contribution in [3.05, 3.63) is 59.2 Å². The van der Waals surface area contributed by atoms with Crippen molar-refractivity contribution >= 4 is 22.1 Å². The average Bonchev–Trinajstić information content (AvgIpc) is 2.93. The number of aryl methyl sites for hydroxylation is 3. The van der Waals surface area contributed by atoms with Crippen molar-refractivity contribution in [3.63, 3.8) is 0 Å². The minimum atomic E-state index is -0.485. The van der Waals surface area contributed by atoms with Crippen LogP contribution in [-0.2, 0) is 7.05 Å². The topological polar surface area (TPSA) is 29.9 Å². The summed E-state index contributed by atoms with van der Waals surface area (Å²) >= 11 is 0. The molecule has 4 heteroatoms. The van der Waals surface area contributed by atoms with E-state index in [4.69, 9.17) is 4.42 Å². The van der Waals surface area contributed by atoms with Crippen LogP contribution in [0.5, 0.6) is 0 Å². The highest BCUT2D eigenvalue weighted by Crippen LogP contribution is 2.36. The van der Waals surface area contributed by atoms with Gasteiger partial charge >= 0.3 is 0 Å². The third-order valence-corrected chi connectivity index (χ3v) is 5.05. The molecule has 0 atom stereocenters. The standard InChI is InChI=1S/C22H22FN2O/c1-12(2)15-7-9-18(25(5)11-15)19-13(3)6-8-16-17-10-14(4)21(23)24-22(17)26-20(16)19/h6-12H,1-5H3/q+1. The van der Waals surface area contributed by atoms with Gasteiger partial charge in [0.25, 0.3) is 0 Å². The summed E-state index contributed by atoms with van der Waals surface area (Å²) in [7, 11) is 2.05. The van der Waals surface area contributed by atoms with E-state index >= 15 is 0 Å². The van der Waals surface area contributed by atoms with Crippen molar-refractivity contribution < 1.29 is 13.4 Å². The Morgan fingerprint density at radius 3 is 2.50 bits per heavy atom. The quantitative estimate of drug-likeness (QED) is 0.360. The SMILES string of the molecule is Cc1cc2c(nc1F)oc1c(-c3ccc(C(C)C)c[n+]3C)c(C)ccc12. The molecule has 0 aliphatic rings. The highest BCUT2D eigenvalue weighted by Gasteiger charge is 2.22. The van der Waals surface area contributed by atoms with Crippen LogP contribution in [0.1, 0.15) is 36.5 Å². The monoisotopic (exact) mass is 349 g/mol. The lowest BCUT2D eigenvalue weighted by Crippen LogP contribution is -2.31. The van der Waals surface area contributed by atoms with Gasteiger partial charge in [0.2, 0.25) is 17.4 Å². The zero-order chi connectivity index (χ0) is 18.6. The second-order valence-electron chi connectivity index (χ2n) is 7.30. The zero-order valence-corrected chi connectivity index (χ0v) is 15.7. The maximum atomic E-state index is 13.9. The minimum absolute atomic E-state index is 0.344. The molecule has 0 saturated heterocycles. The Morgan fingerprint density at radius 1 is 1.04 bits per heavy atom. The smallest absolute Gasteiger partial charge is 0.230 e. The molecule has 1 aromatic carbocycles. The molecular weight excluding hydrogens is 327 g/mol. The Morgan fingerprint density at radius 2 is 1.81 bits per heavy atom. The molecular formula is C22H22FN2O+. The summed E-state index contributed by atoms with van der Waals surface area (Å²) in [5.41, 5.74) is 6.10. The molecule has 0 unspecified atom stereocenters. The number of benzene rings is 1. The molecule has 3 aromatic heterocycles. The van der Waals surface area contributed by atoms with Gasteiger partial charge in [0.15, 0.2) is 11.8 Å². The largest absolute Gasteiger partial charge is 0.437 e. The van der Waals surface area contributed by atoms with Crippen LogP contribution in [0.25, 0.3) is 33.3 Å². The number of fused-ring (bicyclic) bond motifs is 3. The fraction of sp³-hybridized carbons (Fsp3) is 0.273. The fourth-order valence-corrected chi connectivity index (χ4v) is 3.49. The van der Waals surface area contributed by atoms with Crippen LogP contribution in [0.2, 0.25) is 0 Å². The van der Waals surface area contributed by atoms with Crippen molar-refractivity contribution in [2.45, 2.75) is 33.6 Å². The summed E-state index contributed by atoms with van der Waals surface area (Å²) in [4.78, 5) is 4.00. The van der Waals surface area contributed by atoms with E-state index < -0.39 is 5.95 Å². The van der Waals surface area contributed by atoms with E-state index in [0.717, 1.165) is 33.2 Å². The van der Waals surface area contributed by atoms with Crippen molar-refractivity contribution in [3.8, 4) is 11.3 Å². The Kier molecular flexibility index (Phi) is 3.79. The fourth-order valence-electron chi connectivity index (χ4n) is 3.49. The molecule has 4 aromatic rings. The van der Waals surface area contributed by atoms with Gasteiger partial charge in [-0.3, -0.25) is 0 Å². The van der Waals surface area contributed by atoms with E-state index in [1.165, 1.54) is 5.56 Å². The molecule has 3 nitrogen and oxygen atoms in total. The molecule has 0 radical (unpaired) electrons. The molecule has 0 amide bonds. The second kappa shape index (κ2) is 5.90. The van der Waals surface area contributed by atoms with E-state index in [2.05, 4.69) is 54.7 Å². The van der Waals surface area contributed by atoms with Gasteiger partial charge in [0, 0.05) is 28.0 Å². The molecule has 0 bridgehead atoms. The van der Waals surface area contributed by atoms with E-state index in [-0.39, 0.29) is 0 Å². The van der Waals surface area contributed by atoms with Crippen LogP contribution in [0.4, 0.5) is 4.39 Å². The van der Waals surface area contributed by atoms with Crippen LogP contribution >= 0.6 is 0 Å². The number of furan rings is 1. The maximum absolute atomic E-state index is 13.9. The molecule has 26 heavy (non-hydrogen) atoms. The van der Waals surface area contributed by atoms with Gasteiger partial charge in [-0.25, -0.2) is 4.57 Å². The predicted molar refractivity (Wildman–Crippen MR) is 102 cm³/mol. The molecule has 4 rings (SSSR count). The van der Waals surface area contributed by atoms with Crippen molar-refractivity contribution in [2.75, 3.05) is 0 Å². The second-order valence-corrected chi connectivity index (χ2v) is 7.30. The van der Waals surface area contributed by atoms with Gasteiger partial charge in [-0.15, -0.1) is 0 Å². The van der Waals surface area contributed by atoms with Crippen LogP contribution in [0.15, 0.2) is 40.9 Å². The normalized spacial score (nSPS) is 11.8. The Balaban J connectivity index is 2.05. The number of hydrogen-bond acceptors (Lipinski definition) is 2. The molecule has 3 heterocycles. The molecule has 0 fully saturated rings. The average molecular weight is 349 g/mol. The maximum Gasteiger partial charge on any atom is 0.230 e. The number of hydrogen-bond donors (Lipinski definition) is 0. The highest BCUT2D eigenvalue weighted by molar-refractivity contribution is 6.08. The molecule has 132 valence electrons. The van der Waals surface area contributed by atoms with Crippen LogP contribution in [0.3, 0.4) is 0 Å². The van der Waals surface area contributed by atoms with Crippen LogP contribution in [-0.4, -0.2) is 4.98 Å². The molecule has 0 aliphatic carbocycles. The highest BCUT2D eigenvalue weighted by atomic mass is 19.1. The molecule has 0 spiro atoms. The zero-order valence-electron chi connectivity index (χ0n) is 15.7. The Labute approximate surface area is 152 Å². The predicted octanol–water partition coefficient (Wildman–Crippen LogP) is 5.35. The summed E-state index contributed by atoms with van der Waals surface area (Å²) in [6, 6.07) is 10.2. The molecule has 0 aliphatic heterocycles. The third-order valence-electron chi connectivity index (χ3n) is 5.05. The lowest BCUT2D eigenvalue weighted by Gasteiger charge is -2.08. The first-order valence-electron chi connectivity index (χ1n) is 8.85. The van der Waals surface area contributed by atoms with Gasteiger partial charge < -0.3 is 4.42 Å². The lowest BCUT2D eigenvalue weighted by atomic mass is 9.99. The summed E-state index contributed by atoms with van der Waals surface area (Å²) in [6.07, 6.45) is 2.16. The molecule has 0 saturated carbocycles. The molecule has 0 N–H and O–H groups in total. The van der Waals surface area contributed by atoms with Gasteiger partial charge in [0.1, 0.15) is 7.05 Å². The Hall–Kier alpha value is -2.75. The van der Waals surface area contributed by atoms with Crippen LogP contribution < -0.4 is 4.57 Å². The van der Waals surface area contributed by atoms with Crippen LogP contribution in [0, 0.1) is 19.8 Å². The summed E-state index contributed by atoms with van der Waals surface area (Å²) in [5, 5.41) is 1.81. The first kappa shape index (κ1) is 16.7. The van der Waals surface area contributed by atoms with Gasteiger partial charge in [-0.1, -0.05) is 26.0 Å². The first-order chi connectivity index (χ1) is 12.4. The lowest BCUT2D eigenvalue weighted by molar-refractivity contribution is -0.660. The minimum Gasteiger partial charge on any atom is -0.437 e. The van der Waals surface area contributed by atoms with E-state index in [1.54, 1.807) is 6.92 Å². The van der Waals surface area contributed by atoms with Gasteiger partial charge in [-0.2, -0.15) is 9.37 Å². The van der Waals surface area contributed by atoms with Gasteiger partial charge in [0.05, 0.1) is 5.56 Å². The third kappa shape index (κ3) is 2.48. The van der Waals surface area contributed by atoms with Crippen molar-refractivity contribution in [2.24, 2.45) is 7.05 Å². The summed E-state index contributed by atoms with van der Waals surface area (Å²) < 4.78 is 22.0. The number of rotatable bonds is 2. The summed E-state index contributed by atoms with van der Waals surface area (Å²) in [6.45, 7) is 8.16.